The maximum Gasteiger partial charge on any atom is 0.416 e. The Kier molecular flexibility index (Phi) is 5.42. The molecule has 0 spiro atoms. The van der Waals surface area contributed by atoms with Gasteiger partial charge in [0, 0.05) is 5.56 Å². The van der Waals surface area contributed by atoms with E-state index in [0.29, 0.717) is 0 Å². The predicted octanol–water partition coefficient (Wildman–Crippen LogP) is 5.53. The molecule has 0 N–H and O–H groups in total. The maximum absolute atomic E-state index is 13.5. The molecule has 4 nitrogen and oxygen atoms in total. The van der Waals surface area contributed by atoms with Crippen molar-refractivity contribution >= 4 is 17.6 Å². The number of aromatic nitrogens is 2. The third kappa shape index (κ3) is 4.01. The normalized spacial score (nSPS) is 11.5. The number of carbonyl (C=O) groups excluding carboxylic acids is 1. The number of hydrogen-bond acceptors (Lipinski definition) is 3. The van der Waals surface area contributed by atoms with Crippen molar-refractivity contribution in [3.8, 4) is 16.9 Å². The second-order valence-corrected chi connectivity index (χ2v) is 6.13. The van der Waals surface area contributed by atoms with Crippen LogP contribution in [0.2, 0.25) is 5.02 Å². The summed E-state index contributed by atoms with van der Waals surface area (Å²) in [6.07, 6.45) is -4.54. The van der Waals surface area contributed by atoms with Crippen LogP contribution in [0.3, 0.4) is 0 Å². The molecule has 0 fully saturated rings. The molecule has 0 aliphatic rings. The fourth-order valence-electron chi connectivity index (χ4n) is 2.56. The largest absolute Gasteiger partial charge is 0.461 e. The van der Waals surface area contributed by atoms with E-state index in [1.54, 1.807) is 6.92 Å². The van der Waals surface area contributed by atoms with Gasteiger partial charge >= 0.3 is 12.1 Å². The average molecular weight is 413 g/mol. The van der Waals surface area contributed by atoms with Crippen LogP contribution < -0.4 is 0 Å². The van der Waals surface area contributed by atoms with Crippen molar-refractivity contribution < 1.29 is 27.1 Å². The van der Waals surface area contributed by atoms with Gasteiger partial charge in [0.05, 0.1) is 28.6 Å². The second kappa shape index (κ2) is 7.63. The van der Waals surface area contributed by atoms with E-state index in [9.17, 15) is 22.4 Å². The molecule has 0 radical (unpaired) electrons. The lowest BCUT2D eigenvalue weighted by molar-refractivity contribution is -0.137. The molecule has 1 aromatic heterocycles. The van der Waals surface area contributed by atoms with E-state index in [1.807, 2.05) is 0 Å². The van der Waals surface area contributed by atoms with Crippen molar-refractivity contribution in [2.45, 2.75) is 13.1 Å². The van der Waals surface area contributed by atoms with Crippen molar-refractivity contribution in [1.82, 2.24) is 9.78 Å². The summed E-state index contributed by atoms with van der Waals surface area (Å²) >= 11 is 5.81. The molecule has 1 heterocycles. The highest BCUT2D eigenvalue weighted by molar-refractivity contribution is 6.30. The number of nitrogens with zero attached hydrogens (tertiary/aromatic N) is 2. The second-order valence-electron chi connectivity index (χ2n) is 5.72. The van der Waals surface area contributed by atoms with Gasteiger partial charge in [-0.3, -0.25) is 0 Å². The Morgan fingerprint density at radius 1 is 1.18 bits per heavy atom. The summed E-state index contributed by atoms with van der Waals surface area (Å²) in [4.78, 5) is 12.1. The summed E-state index contributed by atoms with van der Waals surface area (Å²) in [7, 11) is 0. The number of alkyl halides is 3. The molecule has 28 heavy (non-hydrogen) atoms. The Labute approximate surface area is 162 Å². The van der Waals surface area contributed by atoms with Gasteiger partial charge in [-0.25, -0.2) is 13.9 Å². The summed E-state index contributed by atoms with van der Waals surface area (Å²) < 4.78 is 58.9. The van der Waals surface area contributed by atoms with E-state index in [2.05, 4.69) is 5.10 Å². The maximum atomic E-state index is 13.5. The molecule has 0 aliphatic heterocycles. The fourth-order valence-corrected chi connectivity index (χ4v) is 2.73. The van der Waals surface area contributed by atoms with Crippen LogP contribution >= 0.6 is 11.6 Å². The zero-order valence-corrected chi connectivity index (χ0v) is 15.2. The summed E-state index contributed by atoms with van der Waals surface area (Å²) in [5.41, 5.74) is -0.327. The molecule has 3 rings (SSSR count). The van der Waals surface area contributed by atoms with E-state index in [-0.39, 0.29) is 34.3 Å². The molecule has 0 unspecified atom stereocenters. The van der Waals surface area contributed by atoms with E-state index < -0.39 is 23.5 Å². The van der Waals surface area contributed by atoms with Crippen LogP contribution in [0.4, 0.5) is 17.6 Å². The number of esters is 1. The van der Waals surface area contributed by atoms with Gasteiger partial charge < -0.3 is 4.74 Å². The summed E-state index contributed by atoms with van der Waals surface area (Å²) in [6.45, 7) is 1.72. The molecule has 2 aromatic carbocycles. The van der Waals surface area contributed by atoms with Gasteiger partial charge in [0.15, 0.2) is 5.69 Å². The Bertz CT molecular complexity index is 1030. The first kappa shape index (κ1) is 19.9. The van der Waals surface area contributed by atoms with Crippen LogP contribution in [0.5, 0.6) is 0 Å². The smallest absolute Gasteiger partial charge is 0.416 e. The first-order valence-corrected chi connectivity index (χ1v) is 8.48. The van der Waals surface area contributed by atoms with Crippen LogP contribution in [-0.2, 0) is 10.9 Å². The zero-order valence-electron chi connectivity index (χ0n) is 14.4. The quantitative estimate of drug-likeness (QED) is 0.418. The number of carbonyl (C=O) groups is 1. The van der Waals surface area contributed by atoms with E-state index in [0.717, 1.165) is 18.2 Å². The lowest BCUT2D eigenvalue weighted by Crippen LogP contribution is -2.07. The first-order valence-electron chi connectivity index (χ1n) is 8.11. The molecule has 0 bridgehead atoms. The van der Waals surface area contributed by atoms with Crippen molar-refractivity contribution in [1.29, 1.82) is 0 Å². The molecule has 0 atom stereocenters. The molecule has 0 aliphatic carbocycles. The van der Waals surface area contributed by atoms with Crippen molar-refractivity contribution in [2.75, 3.05) is 6.61 Å². The van der Waals surface area contributed by atoms with E-state index in [1.165, 1.54) is 35.0 Å². The lowest BCUT2D eigenvalue weighted by atomic mass is 10.1. The van der Waals surface area contributed by atoms with Gasteiger partial charge in [-0.2, -0.15) is 18.3 Å². The molecule has 0 saturated heterocycles. The van der Waals surface area contributed by atoms with Gasteiger partial charge in [0.2, 0.25) is 0 Å². The highest BCUT2D eigenvalue weighted by Crippen LogP contribution is 2.33. The standard InChI is InChI=1S/C19H13ClF4N2O2/c1-2-28-18(27)16-10-17(11-4-3-5-12(8-11)19(22,23)24)26(25-16)13-6-7-15(21)14(20)9-13/h3-10H,2H2,1H3. The van der Waals surface area contributed by atoms with Crippen molar-refractivity contribution in [2.24, 2.45) is 0 Å². The molecular weight excluding hydrogens is 400 g/mol. The highest BCUT2D eigenvalue weighted by Gasteiger charge is 2.31. The average Bonchev–Trinajstić information content (AvgIpc) is 3.09. The third-order valence-corrected chi connectivity index (χ3v) is 4.12. The van der Waals surface area contributed by atoms with E-state index in [4.69, 9.17) is 16.3 Å². The van der Waals surface area contributed by atoms with Crippen LogP contribution in [-0.4, -0.2) is 22.4 Å². The van der Waals surface area contributed by atoms with Gasteiger partial charge in [-0.1, -0.05) is 23.7 Å². The highest BCUT2D eigenvalue weighted by atomic mass is 35.5. The lowest BCUT2D eigenvalue weighted by Gasteiger charge is -2.11. The number of benzene rings is 2. The van der Waals surface area contributed by atoms with Crippen LogP contribution in [0, 0.1) is 5.82 Å². The van der Waals surface area contributed by atoms with Crippen LogP contribution in [0.15, 0.2) is 48.5 Å². The number of rotatable bonds is 4. The molecule has 0 amide bonds. The van der Waals surface area contributed by atoms with Gasteiger partial charge in [0.25, 0.3) is 0 Å². The number of ether oxygens (including phenoxy) is 1. The molecule has 9 heteroatoms. The van der Waals surface area contributed by atoms with Gasteiger partial charge in [-0.15, -0.1) is 0 Å². The first-order chi connectivity index (χ1) is 13.2. The van der Waals surface area contributed by atoms with E-state index >= 15 is 0 Å². The Morgan fingerprint density at radius 3 is 2.57 bits per heavy atom. The molecule has 3 aromatic rings. The third-order valence-electron chi connectivity index (χ3n) is 3.83. The summed E-state index contributed by atoms with van der Waals surface area (Å²) in [6, 6.07) is 9.58. The van der Waals surface area contributed by atoms with Crippen LogP contribution in [0.25, 0.3) is 16.9 Å². The molecular formula is C19H13ClF4N2O2. The molecule has 146 valence electrons. The number of halogens is 5. The van der Waals surface area contributed by atoms with Crippen LogP contribution in [0.1, 0.15) is 23.0 Å². The molecule has 0 saturated carbocycles. The minimum Gasteiger partial charge on any atom is -0.461 e. The van der Waals surface area contributed by atoms with Crippen molar-refractivity contribution in [3.63, 3.8) is 0 Å². The number of hydrogen-bond donors (Lipinski definition) is 0. The predicted molar refractivity (Wildman–Crippen MR) is 94.9 cm³/mol. The zero-order chi connectivity index (χ0) is 20.5. The monoisotopic (exact) mass is 412 g/mol. The Morgan fingerprint density at radius 2 is 1.93 bits per heavy atom. The Hall–Kier alpha value is -2.87. The van der Waals surface area contributed by atoms with Crippen molar-refractivity contribution in [3.05, 3.63) is 70.6 Å². The summed E-state index contributed by atoms with van der Waals surface area (Å²) in [5, 5.41) is 3.92. The fraction of sp³-hybridized carbons (Fsp3) is 0.158. The minimum atomic E-state index is -4.54. The topological polar surface area (TPSA) is 44.1 Å². The Balaban J connectivity index is 2.19. The minimum absolute atomic E-state index is 0.102. The van der Waals surface area contributed by atoms with Gasteiger partial charge in [0.1, 0.15) is 5.82 Å². The van der Waals surface area contributed by atoms with Gasteiger partial charge in [-0.05, 0) is 43.3 Å². The SMILES string of the molecule is CCOC(=O)c1cc(-c2cccc(C(F)(F)F)c2)n(-c2ccc(F)c(Cl)c2)n1. The summed E-state index contributed by atoms with van der Waals surface area (Å²) in [5.74, 6) is -1.40.